The molecule has 0 saturated carbocycles. The molecule has 3 aliphatic heterocycles. The largest absolute Gasteiger partial charge is 0.754 e. The molecule has 7 rings (SSSR count). The number of ether oxygens (including phenoxy) is 1. The zero-order valence-corrected chi connectivity index (χ0v) is 32.3. The van der Waals surface area contributed by atoms with Crippen molar-refractivity contribution in [1.82, 2.24) is 24.8 Å². The van der Waals surface area contributed by atoms with E-state index in [0.717, 1.165) is 75.5 Å². The number of rotatable bonds is 11. The van der Waals surface area contributed by atoms with Gasteiger partial charge >= 0.3 is 5.97 Å². The van der Waals surface area contributed by atoms with Crippen LogP contribution in [0.2, 0.25) is 0 Å². The minimum Gasteiger partial charge on any atom is -0.754 e. The van der Waals surface area contributed by atoms with E-state index in [1.165, 1.54) is 29.4 Å². The molecule has 1 N–H and O–H groups in total. The monoisotopic (exact) mass is 776 g/mol. The van der Waals surface area contributed by atoms with Crippen molar-refractivity contribution >= 4 is 45.4 Å². The molecule has 55 heavy (non-hydrogen) atoms. The lowest BCUT2D eigenvalue weighted by molar-refractivity contribution is -0.156. The van der Waals surface area contributed by atoms with Crippen molar-refractivity contribution in [1.29, 1.82) is 0 Å². The number of hydrazine groups is 1. The Morgan fingerprint density at radius 3 is 2.35 bits per heavy atom. The molecule has 2 aromatic carbocycles. The van der Waals surface area contributed by atoms with Crippen LogP contribution in [0.4, 0.5) is 20.2 Å². The number of carbonyl (C=O) groups is 2. The van der Waals surface area contributed by atoms with Crippen LogP contribution in [-0.4, -0.2) is 123 Å². The second kappa shape index (κ2) is 16.4. The van der Waals surface area contributed by atoms with Gasteiger partial charge in [0.1, 0.15) is 23.1 Å². The lowest BCUT2D eigenvalue weighted by Gasteiger charge is -2.39. The molecule has 0 aliphatic carbocycles. The third-order valence-corrected chi connectivity index (χ3v) is 11.4. The Hall–Kier alpha value is -4.28. The van der Waals surface area contributed by atoms with Crippen LogP contribution < -0.4 is 9.31 Å². The number of carbonyl (C=O) groups excluding carboxylic acids is 2. The topological polar surface area (TPSA) is 128 Å². The molecule has 3 fully saturated rings. The number of fused-ring (bicyclic) bond motifs is 1. The number of aromatic amines is 1. The van der Waals surface area contributed by atoms with Crippen LogP contribution in [-0.2, 0) is 20.8 Å². The van der Waals surface area contributed by atoms with E-state index in [4.69, 9.17) is 4.74 Å². The van der Waals surface area contributed by atoms with E-state index >= 15 is 4.39 Å². The molecule has 3 saturated heterocycles. The number of piperazine rings is 1. The molecule has 15 heteroatoms. The van der Waals surface area contributed by atoms with Crippen molar-refractivity contribution in [3.05, 3.63) is 77.9 Å². The number of hydrogen-bond acceptors (Lipinski definition) is 10. The van der Waals surface area contributed by atoms with E-state index in [1.807, 2.05) is 39.0 Å². The smallest absolute Gasteiger partial charge is 0.320 e. The fraction of sp³-hybridized carbons (Fsp3) is 0.475. The highest BCUT2D eigenvalue weighted by atomic mass is 32.2. The van der Waals surface area contributed by atoms with Crippen molar-refractivity contribution in [3.8, 4) is 11.1 Å². The van der Waals surface area contributed by atoms with Crippen LogP contribution in [0.5, 0.6) is 0 Å². The van der Waals surface area contributed by atoms with Crippen molar-refractivity contribution in [2.75, 3.05) is 74.8 Å². The number of halogens is 2. The standard InChI is InChI=1S/C40H49F2N7O5S/c1-40(2,3)54-36(50)26-45-14-11-27(12-15-45)24-46-17-19-47(20-18-46)31-9-7-28(8-10-31)29-21-33-34(23-44-39(33)43-22-29)38(51)32-5-4-6-35(37(32)42)49(55(52)53)48-16-13-30(41)25-48/h4-10,21-23,27,30H,11-20,24-26H2,1-3H3,(H,43,44)(H,52,53)/p-1/t30-/m1/s1. The number of aromatic nitrogens is 2. The number of H-pyrrole nitrogens is 1. The minimum absolute atomic E-state index is 0.0999. The lowest BCUT2D eigenvalue weighted by Crippen LogP contribution is -2.49. The number of hydrogen-bond donors (Lipinski definition) is 1. The molecule has 5 heterocycles. The molecular weight excluding hydrogens is 729 g/mol. The van der Waals surface area contributed by atoms with Crippen LogP contribution >= 0.6 is 0 Å². The summed E-state index contributed by atoms with van der Waals surface area (Å²) in [6, 6.07) is 14.1. The summed E-state index contributed by atoms with van der Waals surface area (Å²) in [5, 5.41) is 1.72. The Labute approximate surface area is 322 Å². The summed E-state index contributed by atoms with van der Waals surface area (Å²) < 4.78 is 60.3. The van der Waals surface area contributed by atoms with Gasteiger partial charge in [-0.15, -0.1) is 0 Å². The van der Waals surface area contributed by atoms with Gasteiger partial charge in [-0.05, 0) is 94.9 Å². The minimum atomic E-state index is -2.93. The van der Waals surface area contributed by atoms with E-state index in [1.54, 1.807) is 6.20 Å². The number of anilines is 2. The van der Waals surface area contributed by atoms with Gasteiger partial charge in [-0.1, -0.05) is 18.2 Å². The first-order chi connectivity index (χ1) is 26.3. The molecular formula is C40H48F2N7O5S-. The van der Waals surface area contributed by atoms with Crippen molar-refractivity contribution in [2.24, 2.45) is 5.92 Å². The Morgan fingerprint density at radius 2 is 1.69 bits per heavy atom. The van der Waals surface area contributed by atoms with Gasteiger partial charge in [-0.3, -0.25) is 23.6 Å². The van der Waals surface area contributed by atoms with E-state index in [9.17, 15) is 22.7 Å². The Morgan fingerprint density at radius 1 is 0.964 bits per heavy atom. The summed E-state index contributed by atoms with van der Waals surface area (Å²) in [5.41, 5.74) is 2.36. The molecule has 0 spiro atoms. The molecule has 0 amide bonds. The fourth-order valence-corrected chi connectivity index (χ4v) is 8.47. The number of pyridine rings is 1. The van der Waals surface area contributed by atoms with Crippen LogP contribution in [0.1, 0.15) is 56.0 Å². The van der Waals surface area contributed by atoms with Gasteiger partial charge in [-0.25, -0.2) is 23.2 Å². The molecule has 294 valence electrons. The van der Waals surface area contributed by atoms with Crippen molar-refractivity contribution in [2.45, 2.75) is 51.8 Å². The highest BCUT2D eigenvalue weighted by molar-refractivity contribution is 7.80. The molecule has 0 radical (unpaired) electrons. The van der Waals surface area contributed by atoms with E-state index in [0.29, 0.717) is 27.9 Å². The summed E-state index contributed by atoms with van der Waals surface area (Å²) in [7, 11) is 0. The molecule has 0 bridgehead atoms. The molecule has 2 atom stereocenters. The molecule has 1 unspecified atom stereocenters. The molecule has 2 aromatic heterocycles. The van der Waals surface area contributed by atoms with Gasteiger partial charge in [0.25, 0.3) is 0 Å². The number of esters is 1. The Bertz CT molecular complexity index is 2020. The SMILES string of the molecule is CC(C)(C)OC(=O)CN1CCC(CN2CCN(c3ccc(-c4cnc5[nH]cc(C(=O)c6cccc(N(N7CC[C@@H](F)C7)S(=O)[O-])c6F)c5c4)cc3)CC2)CC1. The predicted molar refractivity (Wildman–Crippen MR) is 208 cm³/mol. The number of likely N-dealkylation sites (tertiary alicyclic amines) is 1. The van der Waals surface area contributed by atoms with Crippen LogP contribution in [0.15, 0.2) is 60.9 Å². The first-order valence-corrected chi connectivity index (χ1v) is 20.0. The molecule has 4 aromatic rings. The summed E-state index contributed by atoms with van der Waals surface area (Å²) in [6.07, 6.45) is 4.26. The molecule has 3 aliphatic rings. The van der Waals surface area contributed by atoms with Gasteiger partial charge < -0.3 is 19.2 Å². The Balaban J connectivity index is 0.964. The predicted octanol–water partition coefficient (Wildman–Crippen LogP) is 5.34. The zero-order chi connectivity index (χ0) is 38.9. The van der Waals surface area contributed by atoms with Crippen molar-refractivity contribution < 1.29 is 31.9 Å². The average Bonchev–Trinajstić information content (AvgIpc) is 3.78. The average molecular weight is 777 g/mol. The number of piperidine rings is 1. The van der Waals surface area contributed by atoms with Gasteiger partial charge in [0.2, 0.25) is 0 Å². The van der Waals surface area contributed by atoms with Gasteiger partial charge in [0.15, 0.2) is 11.6 Å². The normalized spacial score (nSPS) is 19.9. The van der Waals surface area contributed by atoms with Gasteiger partial charge in [-0.2, -0.15) is 0 Å². The van der Waals surface area contributed by atoms with Crippen molar-refractivity contribution in [3.63, 3.8) is 0 Å². The van der Waals surface area contributed by atoms with E-state index in [2.05, 4.69) is 36.8 Å². The second-order valence-electron chi connectivity index (χ2n) is 15.7. The maximum Gasteiger partial charge on any atom is 0.320 e. The third-order valence-electron chi connectivity index (χ3n) is 10.6. The first kappa shape index (κ1) is 39.0. The summed E-state index contributed by atoms with van der Waals surface area (Å²) >= 11 is -2.93. The number of alkyl halides is 1. The van der Waals surface area contributed by atoms with Gasteiger partial charge in [0.05, 0.1) is 29.9 Å². The van der Waals surface area contributed by atoms with Crippen LogP contribution in [0.25, 0.3) is 22.2 Å². The fourth-order valence-electron chi connectivity index (χ4n) is 7.83. The summed E-state index contributed by atoms with van der Waals surface area (Å²) in [5.74, 6) is -1.17. The first-order valence-electron chi connectivity index (χ1n) is 18.9. The highest BCUT2D eigenvalue weighted by Crippen LogP contribution is 2.32. The number of nitrogens with zero attached hydrogens (tertiary/aromatic N) is 6. The summed E-state index contributed by atoms with van der Waals surface area (Å²) in [4.78, 5) is 40.7. The highest BCUT2D eigenvalue weighted by Gasteiger charge is 2.31. The number of nitrogens with one attached hydrogen (secondary N) is 1. The maximum atomic E-state index is 15.9. The van der Waals surface area contributed by atoms with Crippen LogP contribution in [0, 0.1) is 11.7 Å². The van der Waals surface area contributed by atoms with E-state index < -0.39 is 34.6 Å². The number of benzene rings is 2. The van der Waals surface area contributed by atoms with E-state index in [-0.39, 0.29) is 42.3 Å². The third kappa shape index (κ3) is 9.07. The lowest BCUT2D eigenvalue weighted by atomic mass is 9.96. The molecule has 12 nitrogen and oxygen atoms in total. The Kier molecular flexibility index (Phi) is 11.7. The summed E-state index contributed by atoms with van der Waals surface area (Å²) in [6.45, 7) is 12.7. The van der Waals surface area contributed by atoms with Gasteiger partial charge in [0, 0.05) is 73.9 Å². The zero-order valence-electron chi connectivity index (χ0n) is 31.5. The van der Waals surface area contributed by atoms with Crippen LogP contribution in [0.3, 0.4) is 0 Å². The second-order valence-corrected chi connectivity index (χ2v) is 16.5. The maximum absolute atomic E-state index is 15.9. The number of ketones is 1. The quantitative estimate of drug-likeness (QED) is 0.121.